The molecule has 2 saturated carbocycles. The zero-order chi connectivity index (χ0) is 18.4. The first-order valence-electron chi connectivity index (χ1n) is 10.1. The minimum Gasteiger partial charge on any atom is -0.329 e. The standard InChI is InChI=1S/C23H26N2OS/c1-15-2-4-16(5-3-15)14-27-24-19-9-10-21-18(12-19)8-11-23(26)25(21)22-13-20(22)17-6-7-17/h2-5,9-10,12,17,20,22,24H,6-8,11,13-14H2,1H3. The van der Waals surface area contributed by atoms with Crippen LogP contribution in [-0.4, -0.2) is 11.9 Å². The summed E-state index contributed by atoms with van der Waals surface area (Å²) in [5.74, 6) is 2.92. The third kappa shape index (κ3) is 3.60. The van der Waals surface area contributed by atoms with Gasteiger partial charge in [0.15, 0.2) is 0 Å². The van der Waals surface area contributed by atoms with Gasteiger partial charge in [0, 0.05) is 29.6 Å². The number of aryl methyl sites for hydroxylation is 2. The van der Waals surface area contributed by atoms with Crippen molar-refractivity contribution >= 4 is 29.2 Å². The van der Waals surface area contributed by atoms with Crippen molar-refractivity contribution in [2.45, 2.75) is 50.8 Å². The van der Waals surface area contributed by atoms with Gasteiger partial charge in [-0.2, -0.15) is 0 Å². The lowest BCUT2D eigenvalue weighted by Crippen LogP contribution is -2.38. The number of carbonyl (C=O) groups excluding carboxylic acids is 1. The van der Waals surface area contributed by atoms with Crippen molar-refractivity contribution in [1.82, 2.24) is 0 Å². The normalized spacial score (nSPS) is 23.9. The summed E-state index contributed by atoms with van der Waals surface area (Å²) in [6.07, 6.45) is 5.47. The van der Waals surface area contributed by atoms with Gasteiger partial charge in [-0.15, -0.1) is 0 Å². The van der Waals surface area contributed by atoms with E-state index in [1.807, 2.05) is 0 Å². The van der Waals surface area contributed by atoms with Crippen LogP contribution in [0.15, 0.2) is 42.5 Å². The van der Waals surface area contributed by atoms with Crippen LogP contribution in [0.2, 0.25) is 0 Å². The Balaban J connectivity index is 1.25. The molecule has 0 radical (unpaired) electrons. The van der Waals surface area contributed by atoms with E-state index in [4.69, 9.17) is 0 Å². The van der Waals surface area contributed by atoms with E-state index in [0.29, 0.717) is 18.4 Å². The third-order valence-electron chi connectivity index (χ3n) is 6.13. The van der Waals surface area contributed by atoms with Gasteiger partial charge in [-0.3, -0.25) is 4.79 Å². The molecule has 3 nitrogen and oxygen atoms in total. The summed E-state index contributed by atoms with van der Waals surface area (Å²) in [6, 6.07) is 15.7. The van der Waals surface area contributed by atoms with Crippen LogP contribution < -0.4 is 9.62 Å². The molecule has 0 saturated heterocycles. The van der Waals surface area contributed by atoms with E-state index in [2.05, 4.69) is 59.0 Å². The Bertz CT molecular complexity index is 859. The highest BCUT2D eigenvalue weighted by atomic mass is 32.2. The van der Waals surface area contributed by atoms with E-state index in [9.17, 15) is 4.79 Å². The first-order chi connectivity index (χ1) is 13.2. The average molecular weight is 379 g/mol. The first kappa shape index (κ1) is 17.2. The van der Waals surface area contributed by atoms with Crippen LogP contribution in [0.25, 0.3) is 0 Å². The smallest absolute Gasteiger partial charge is 0.227 e. The highest BCUT2D eigenvalue weighted by Crippen LogP contribution is 2.54. The fraction of sp³-hybridized carbons (Fsp3) is 0.435. The molecule has 1 heterocycles. The molecule has 5 rings (SSSR count). The fourth-order valence-electron chi connectivity index (χ4n) is 4.36. The molecule has 27 heavy (non-hydrogen) atoms. The lowest BCUT2D eigenvalue weighted by atomic mass is 10.00. The second-order valence-electron chi connectivity index (χ2n) is 8.29. The van der Waals surface area contributed by atoms with Crippen molar-refractivity contribution in [3.63, 3.8) is 0 Å². The van der Waals surface area contributed by atoms with Crippen molar-refractivity contribution in [1.29, 1.82) is 0 Å². The van der Waals surface area contributed by atoms with Gasteiger partial charge in [-0.1, -0.05) is 29.8 Å². The van der Waals surface area contributed by atoms with Crippen LogP contribution >= 0.6 is 11.9 Å². The highest BCUT2D eigenvalue weighted by Gasteiger charge is 2.52. The zero-order valence-electron chi connectivity index (χ0n) is 15.8. The Hall–Kier alpha value is -1.94. The number of fused-ring (bicyclic) bond motifs is 1. The maximum atomic E-state index is 12.6. The van der Waals surface area contributed by atoms with E-state index in [-0.39, 0.29) is 0 Å². The fourth-order valence-corrected chi connectivity index (χ4v) is 5.08. The second kappa shape index (κ2) is 6.90. The Morgan fingerprint density at radius 2 is 1.93 bits per heavy atom. The predicted octanol–water partition coefficient (Wildman–Crippen LogP) is 5.33. The largest absolute Gasteiger partial charge is 0.329 e. The maximum absolute atomic E-state index is 12.6. The molecule has 1 amide bonds. The highest BCUT2D eigenvalue weighted by molar-refractivity contribution is 7.99. The van der Waals surface area contributed by atoms with Crippen LogP contribution in [0.5, 0.6) is 0 Å². The number of anilines is 2. The Morgan fingerprint density at radius 1 is 1.11 bits per heavy atom. The van der Waals surface area contributed by atoms with Gasteiger partial charge in [0.1, 0.15) is 0 Å². The van der Waals surface area contributed by atoms with Crippen LogP contribution in [0.3, 0.4) is 0 Å². The molecule has 1 N–H and O–H groups in total. The average Bonchev–Trinajstić information content (AvgIpc) is 3.56. The number of amides is 1. The molecule has 1 aliphatic heterocycles. The summed E-state index contributed by atoms with van der Waals surface area (Å²) in [4.78, 5) is 14.7. The third-order valence-corrected chi connectivity index (χ3v) is 6.99. The predicted molar refractivity (Wildman–Crippen MR) is 113 cm³/mol. The van der Waals surface area contributed by atoms with Crippen molar-refractivity contribution in [2.24, 2.45) is 11.8 Å². The molecule has 0 bridgehead atoms. The summed E-state index contributed by atoms with van der Waals surface area (Å²) in [5, 5.41) is 0. The van der Waals surface area contributed by atoms with E-state index in [1.54, 1.807) is 11.9 Å². The monoisotopic (exact) mass is 378 g/mol. The van der Waals surface area contributed by atoms with Crippen molar-refractivity contribution in [2.75, 3.05) is 9.62 Å². The summed E-state index contributed by atoms with van der Waals surface area (Å²) >= 11 is 1.72. The molecule has 2 fully saturated rings. The van der Waals surface area contributed by atoms with Crippen molar-refractivity contribution in [3.8, 4) is 0 Å². The summed E-state index contributed by atoms with van der Waals surface area (Å²) in [5.41, 5.74) is 6.23. The lowest BCUT2D eigenvalue weighted by molar-refractivity contribution is -0.119. The van der Waals surface area contributed by atoms with E-state index in [1.165, 1.54) is 36.0 Å². The SMILES string of the molecule is Cc1ccc(CSNc2ccc3c(c2)CCC(=O)N3C2CC2C2CC2)cc1. The number of carbonyl (C=O) groups is 1. The van der Waals surface area contributed by atoms with Crippen molar-refractivity contribution < 1.29 is 4.79 Å². The number of benzene rings is 2. The topological polar surface area (TPSA) is 32.3 Å². The summed E-state index contributed by atoms with van der Waals surface area (Å²) in [7, 11) is 0. The van der Waals surface area contributed by atoms with Crippen LogP contribution in [-0.2, 0) is 17.0 Å². The number of hydrogen-bond donors (Lipinski definition) is 1. The Labute approximate surface area is 165 Å². The molecule has 2 atom stereocenters. The number of rotatable bonds is 6. The van der Waals surface area contributed by atoms with Gasteiger partial charge in [0.05, 0.1) is 0 Å². The minimum atomic E-state index is 0.324. The van der Waals surface area contributed by atoms with Crippen LogP contribution in [0.4, 0.5) is 11.4 Å². The molecule has 2 aromatic carbocycles. The van der Waals surface area contributed by atoms with Gasteiger partial charge in [0.2, 0.25) is 5.91 Å². The van der Waals surface area contributed by atoms with Crippen LogP contribution in [0.1, 0.15) is 42.4 Å². The van der Waals surface area contributed by atoms with Gasteiger partial charge in [-0.25, -0.2) is 0 Å². The molecule has 0 aromatic heterocycles. The second-order valence-corrected chi connectivity index (χ2v) is 9.07. The molecule has 0 spiro atoms. The molecular formula is C23H26N2OS. The van der Waals surface area contributed by atoms with Gasteiger partial charge < -0.3 is 9.62 Å². The maximum Gasteiger partial charge on any atom is 0.227 e. The lowest BCUT2D eigenvalue weighted by Gasteiger charge is -2.30. The molecular weight excluding hydrogens is 352 g/mol. The Morgan fingerprint density at radius 3 is 2.70 bits per heavy atom. The van der Waals surface area contributed by atoms with E-state index >= 15 is 0 Å². The van der Waals surface area contributed by atoms with Gasteiger partial charge >= 0.3 is 0 Å². The zero-order valence-corrected chi connectivity index (χ0v) is 16.6. The summed E-state index contributed by atoms with van der Waals surface area (Å²) < 4.78 is 3.48. The molecule has 140 valence electrons. The Kier molecular flexibility index (Phi) is 4.39. The molecule has 2 aliphatic carbocycles. The first-order valence-corrected chi connectivity index (χ1v) is 11.1. The van der Waals surface area contributed by atoms with E-state index < -0.39 is 0 Å². The van der Waals surface area contributed by atoms with Gasteiger partial charge in [-0.05, 0) is 85.7 Å². The molecule has 2 unspecified atom stereocenters. The molecule has 4 heteroatoms. The van der Waals surface area contributed by atoms with Crippen LogP contribution in [0, 0.1) is 18.8 Å². The quantitative estimate of drug-likeness (QED) is 0.689. The summed E-state index contributed by atoms with van der Waals surface area (Å²) in [6.45, 7) is 2.12. The molecule has 3 aliphatic rings. The van der Waals surface area contributed by atoms with E-state index in [0.717, 1.165) is 35.4 Å². The number of nitrogens with one attached hydrogen (secondary N) is 1. The van der Waals surface area contributed by atoms with Gasteiger partial charge in [0.25, 0.3) is 0 Å². The minimum absolute atomic E-state index is 0.324. The van der Waals surface area contributed by atoms with Crippen molar-refractivity contribution in [3.05, 3.63) is 59.2 Å². The molecule has 2 aromatic rings. The number of hydrogen-bond acceptors (Lipinski definition) is 3. The number of nitrogens with zero attached hydrogens (tertiary/aromatic N) is 1.